The Morgan fingerprint density at radius 2 is 1.75 bits per heavy atom. The lowest BCUT2D eigenvalue weighted by Crippen LogP contribution is -2.41. The maximum absolute atomic E-state index is 11.0. The monoisotopic (exact) mass is 365 g/mol. The Morgan fingerprint density at radius 3 is 2.25 bits per heavy atom. The van der Waals surface area contributed by atoms with Crippen molar-refractivity contribution in [1.29, 1.82) is 0 Å². The fourth-order valence-corrected chi connectivity index (χ4v) is 2.76. The molecule has 0 aliphatic rings. The molecule has 0 atom stereocenters. The summed E-state index contributed by atoms with van der Waals surface area (Å²) in [7, 11) is -2.98. The topological polar surface area (TPSA) is 100 Å². The Labute approximate surface area is 147 Å². The molecule has 7 nitrogen and oxygen atoms in total. The summed E-state index contributed by atoms with van der Waals surface area (Å²) in [5.41, 5.74) is -0.752. The average Bonchev–Trinajstić information content (AvgIpc) is 2.47. The molecule has 144 valence electrons. The molecule has 3 N–H and O–H groups in total. The molecule has 0 saturated carbocycles. The highest BCUT2D eigenvalue weighted by atomic mass is 32.2. The van der Waals surface area contributed by atoms with Gasteiger partial charge in [0.05, 0.1) is 31.1 Å². The number of aliphatic hydroxyl groups is 1. The standard InChI is InChI=1S/C16H35N3O4S/c1-5-8-16(20,9-6-2)14-19-15(17-7-3)18-10-11-23-12-13-24(4,21)22/h20H,5-14H2,1-4H3,(H2,17,18,19). The predicted molar refractivity (Wildman–Crippen MR) is 99.3 cm³/mol. The van der Waals surface area contributed by atoms with Crippen LogP contribution in [0.5, 0.6) is 0 Å². The maximum Gasteiger partial charge on any atom is 0.191 e. The summed E-state index contributed by atoms with van der Waals surface area (Å²) in [6.45, 7) is 8.29. The number of hydrogen-bond donors (Lipinski definition) is 3. The minimum atomic E-state index is -2.98. The van der Waals surface area contributed by atoms with E-state index in [1.165, 1.54) is 6.26 Å². The highest BCUT2D eigenvalue weighted by Gasteiger charge is 2.24. The van der Waals surface area contributed by atoms with E-state index in [-0.39, 0.29) is 12.4 Å². The summed E-state index contributed by atoms with van der Waals surface area (Å²) >= 11 is 0. The quantitative estimate of drug-likeness (QED) is 0.255. The Hall–Kier alpha value is -0.860. The van der Waals surface area contributed by atoms with Gasteiger partial charge in [0.2, 0.25) is 0 Å². The zero-order valence-corrected chi connectivity index (χ0v) is 16.4. The summed E-state index contributed by atoms with van der Waals surface area (Å²) < 4.78 is 27.3. The number of sulfone groups is 1. The number of rotatable bonds is 13. The first-order chi connectivity index (χ1) is 11.3. The van der Waals surface area contributed by atoms with Crippen LogP contribution in [0, 0.1) is 0 Å². The molecule has 0 spiro atoms. The van der Waals surface area contributed by atoms with E-state index in [4.69, 9.17) is 4.74 Å². The Kier molecular flexibility index (Phi) is 12.0. The van der Waals surface area contributed by atoms with Crippen molar-refractivity contribution in [3.05, 3.63) is 0 Å². The van der Waals surface area contributed by atoms with Gasteiger partial charge < -0.3 is 20.5 Å². The van der Waals surface area contributed by atoms with Crippen molar-refractivity contribution in [2.24, 2.45) is 4.99 Å². The lowest BCUT2D eigenvalue weighted by molar-refractivity contribution is 0.0306. The zero-order valence-electron chi connectivity index (χ0n) is 15.6. The van der Waals surface area contributed by atoms with E-state index in [0.717, 1.165) is 32.2 Å². The maximum atomic E-state index is 11.0. The minimum absolute atomic E-state index is 0.0300. The van der Waals surface area contributed by atoms with Crippen molar-refractivity contribution in [3.63, 3.8) is 0 Å². The second kappa shape index (κ2) is 12.5. The number of aliphatic imine (C=N–C) groups is 1. The SMILES string of the molecule is CCCC(O)(CCC)CN=C(NCC)NCCOCCS(C)(=O)=O. The summed E-state index contributed by atoms with van der Waals surface area (Å²) in [6, 6.07) is 0. The van der Waals surface area contributed by atoms with Gasteiger partial charge in [-0.3, -0.25) is 4.99 Å². The van der Waals surface area contributed by atoms with Crippen LogP contribution in [0.1, 0.15) is 46.5 Å². The van der Waals surface area contributed by atoms with Crippen LogP contribution in [-0.4, -0.2) is 69.9 Å². The van der Waals surface area contributed by atoms with Gasteiger partial charge in [0.15, 0.2) is 5.96 Å². The first-order valence-corrected chi connectivity index (χ1v) is 10.8. The van der Waals surface area contributed by atoms with E-state index in [9.17, 15) is 13.5 Å². The first-order valence-electron chi connectivity index (χ1n) is 8.76. The number of ether oxygens (including phenoxy) is 1. The molecule has 0 saturated heterocycles. The predicted octanol–water partition coefficient (Wildman–Crippen LogP) is 0.934. The second-order valence-electron chi connectivity index (χ2n) is 6.09. The summed E-state index contributed by atoms with van der Waals surface area (Å²) in [4.78, 5) is 4.47. The summed E-state index contributed by atoms with van der Waals surface area (Å²) in [6.07, 6.45) is 4.50. The molecule has 0 rings (SSSR count). The Bertz CT molecular complexity index is 446. The van der Waals surface area contributed by atoms with Gasteiger partial charge in [-0.1, -0.05) is 26.7 Å². The van der Waals surface area contributed by atoms with Gasteiger partial charge in [0.1, 0.15) is 9.84 Å². The molecular weight excluding hydrogens is 330 g/mol. The van der Waals surface area contributed by atoms with Crippen LogP contribution in [0.15, 0.2) is 4.99 Å². The van der Waals surface area contributed by atoms with Gasteiger partial charge in [0.25, 0.3) is 0 Å². The molecule has 0 heterocycles. The summed E-state index contributed by atoms with van der Waals surface area (Å²) in [5, 5.41) is 16.9. The molecular formula is C16H35N3O4S. The van der Waals surface area contributed by atoms with E-state index in [0.29, 0.717) is 25.7 Å². The number of hydrogen-bond acceptors (Lipinski definition) is 5. The molecule has 0 aromatic rings. The van der Waals surface area contributed by atoms with E-state index >= 15 is 0 Å². The molecule has 0 amide bonds. The minimum Gasteiger partial charge on any atom is -0.388 e. The molecule has 0 aromatic carbocycles. The molecule has 0 aromatic heterocycles. The molecule has 0 unspecified atom stereocenters. The zero-order chi connectivity index (χ0) is 18.5. The van der Waals surface area contributed by atoms with Crippen molar-refractivity contribution in [3.8, 4) is 0 Å². The highest BCUT2D eigenvalue weighted by Crippen LogP contribution is 2.19. The van der Waals surface area contributed by atoms with Crippen LogP contribution in [0.25, 0.3) is 0 Å². The Balaban J connectivity index is 4.31. The van der Waals surface area contributed by atoms with Crippen molar-refractivity contribution in [2.45, 2.75) is 52.1 Å². The molecule has 8 heteroatoms. The van der Waals surface area contributed by atoms with Crippen LogP contribution in [0.4, 0.5) is 0 Å². The van der Waals surface area contributed by atoms with Crippen molar-refractivity contribution < 1.29 is 18.3 Å². The number of nitrogens with one attached hydrogen (secondary N) is 2. The molecule has 0 fully saturated rings. The third-order valence-electron chi connectivity index (χ3n) is 3.44. The van der Waals surface area contributed by atoms with E-state index in [2.05, 4.69) is 29.5 Å². The molecule has 0 radical (unpaired) electrons. The van der Waals surface area contributed by atoms with Crippen LogP contribution in [0.3, 0.4) is 0 Å². The molecule has 0 bridgehead atoms. The van der Waals surface area contributed by atoms with Gasteiger partial charge in [0, 0.05) is 19.3 Å². The molecule has 0 aliphatic heterocycles. The smallest absolute Gasteiger partial charge is 0.191 e. The normalized spacial score (nSPS) is 13.1. The van der Waals surface area contributed by atoms with Crippen LogP contribution in [0.2, 0.25) is 0 Å². The number of guanidine groups is 1. The van der Waals surface area contributed by atoms with Gasteiger partial charge in [-0.2, -0.15) is 0 Å². The fraction of sp³-hybridized carbons (Fsp3) is 0.938. The van der Waals surface area contributed by atoms with Gasteiger partial charge >= 0.3 is 0 Å². The van der Waals surface area contributed by atoms with Crippen molar-refractivity contribution in [2.75, 3.05) is 44.9 Å². The van der Waals surface area contributed by atoms with E-state index in [1.807, 2.05) is 6.92 Å². The van der Waals surface area contributed by atoms with Gasteiger partial charge in [-0.15, -0.1) is 0 Å². The van der Waals surface area contributed by atoms with Crippen molar-refractivity contribution in [1.82, 2.24) is 10.6 Å². The fourth-order valence-electron chi connectivity index (χ4n) is 2.34. The van der Waals surface area contributed by atoms with Crippen LogP contribution < -0.4 is 10.6 Å². The van der Waals surface area contributed by atoms with E-state index < -0.39 is 15.4 Å². The second-order valence-corrected chi connectivity index (χ2v) is 8.35. The van der Waals surface area contributed by atoms with E-state index in [1.54, 1.807) is 0 Å². The third-order valence-corrected chi connectivity index (χ3v) is 4.35. The highest BCUT2D eigenvalue weighted by molar-refractivity contribution is 7.90. The van der Waals surface area contributed by atoms with Gasteiger partial charge in [-0.25, -0.2) is 8.42 Å². The lowest BCUT2D eigenvalue weighted by atomic mass is 9.93. The largest absolute Gasteiger partial charge is 0.388 e. The average molecular weight is 366 g/mol. The third kappa shape index (κ3) is 12.5. The van der Waals surface area contributed by atoms with Crippen LogP contribution >= 0.6 is 0 Å². The lowest BCUT2D eigenvalue weighted by Gasteiger charge is -2.26. The van der Waals surface area contributed by atoms with Crippen LogP contribution in [-0.2, 0) is 14.6 Å². The molecule has 24 heavy (non-hydrogen) atoms. The number of nitrogens with zero attached hydrogens (tertiary/aromatic N) is 1. The first kappa shape index (κ1) is 23.1. The molecule has 0 aliphatic carbocycles. The van der Waals surface area contributed by atoms with Gasteiger partial charge in [-0.05, 0) is 19.8 Å². The van der Waals surface area contributed by atoms with Crippen molar-refractivity contribution >= 4 is 15.8 Å². The Morgan fingerprint density at radius 1 is 1.12 bits per heavy atom. The summed E-state index contributed by atoms with van der Waals surface area (Å²) in [5.74, 6) is 0.664.